The van der Waals surface area contributed by atoms with Crippen molar-refractivity contribution in [2.24, 2.45) is 5.92 Å². The number of rotatable bonds is 4. The van der Waals surface area contributed by atoms with Crippen molar-refractivity contribution >= 4 is 40.8 Å². The van der Waals surface area contributed by atoms with E-state index in [0.717, 1.165) is 0 Å². The number of halogens is 1. The van der Waals surface area contributed by atoms with Gasteiger partial charge in [0, 0.05) is 37.3 Å². The molecule has 1 aromatic rings. The Morgan fingerprint density at radius 1 is 1.12 bits per heavy atom. The number of amides is 3. The maximum atomic E-state index is 13.1. The SMILES string of the molecule is CN(C)C(=O)[C@H]1CC[C@H](NC(=S)C(=O)Nc2ccc(F)cc2)[C@H](N(C(=O)O)C(C)(C)C)C1. The van der Waals surface area contributed by atoms with Gasteiger partial charge in [-0.15, -0.1) is 0 Å². The van der Waals surface area contributed by atoms with Crippen LogP contribution in [0.5, 0.6) is 0 Å². The van der Waals surface area contributed by atoms with Gasteiger partial charge in [-0.05, 0) is 64.3 Å². The van der Waals surface area contributed by atoms with E-state index in [1.165, 1.54) is 34.1 Å². The predicted molar refractivity (Wildman–Crippen MR) is 124 cm³/mol. The molecule has 0 radical (unpaired) electrons. The molecule has 32 heavy (non-hydrogen) atoms. The van der Waals surface area contributed by atoms with Crippen molar-refractivity contribution < 1.29 is 23.9 Å². The number of carbonyl (C=O) groups excluding carboxylic acids is 2. The first-order valence-electron chi connectivity index (χ1n) is 10.4. The second-order valence-corrected chi connectivity index (χ2v) is 9.58. The summed E-state index contributed by atoms with van der Waals surface area (Å²) in [6.45, 7) is 5.36. The highest BCUT2D eigenvalue weighted by Crippen LogP contribution is 2.33. The molecule has 0 aliphatic heterocycles. The lowest BCUT2D eigenvalue weighted by Gasteiger charge is -2.47. The van der Waals surface area contributed by atoms with Crippen LogP contribution in [0.2, 0.25) is 0 Å². The van der Waals surface area contributed by atoms with Gasteiger partial charge < -0.3 is 20.6 Å². The van der Waals surface area contributed by atoms with E-state index in [1.54, 1.807) is 34.9 Å². The lowest BCUT2D eigenvalue weighted by molar-refractivity contribution is -0.135. The summed E-state index contributed by atoms with van der Waals surface area (Å²) in [6, 6.07) is 4.28. The monoisotopic (exact) mass is 466 g/mol. The zero-order valence-corrected chi connectivity index (χ0v) is 19.8. The summed E-state index contributed by atoms with van der Waals surface area (Å²) in [5, 5.41) is 15.5. The van der Waals surface area contributed by atoms with Crippen LogP contribution in [0.4, 0.5) is 14.9 Å². The Bertz CT molecular complexity index is 870. The fourth-order valence-electron chi connectivity index (χ4n) is 4.07. The van der Waals surface area contributed by atoms with Crippen molar-refractivity contribution in [3.8, 4) is 0 Å². The van der Waals surface area contributed by atoms with Crippen molar-refractivity contribution in [2.45, 2.75) is 57.7 Å². The van der Waals surface area contributed by atoms with Crippen molar-refractivity contribution in [2.75, 3.05) is 19.4 Å². The van der Waals surface area contributed by atoms with E-state index >= 15 is 0 Å². The number of hydrogen-bond acceptors (Lipinski definition) is 4. The molecule has 1 saturated carbocycles. The van der Waals surface area contributed by atoms with Crippen LogP contribution in [0.3, 0.4) is 0 Å². The van der Waals surface area contributed by atoms with E-state index in [1.807, 2.05) is 0 Å². The summed E-state index contributed by atoms with van der Waals surface area (Å²) in [6.07, 6.45) is 0.235. The topological polar surface area (TPSA) is 102 Å². The first-order valence-corrected chi connectivity index (χ1v) is 10.8. The molecule has 0 unspecified atom stereocenters. The number of nitrogens with zero attached hydrogens (tertiary/aromatic N) is 2. The Morgan fingerprint density at radius 2 is 1.72 bits per heavy atom. The van der Waals surface area contributed by atoms with E-state index in [9.17, 15) is 23.9 Å². The van der Waals surface area contributed by atoms with Gasteiger partial charge in [0.05, 0.1) is 6.04 Å². The Morgan fingerprint density at radius 3 is 2.22 bits per heavy atom. The molecule has 8 nitrogen and oxygen atoms in total. The molecule has 0 saturated heterocycles. The lowest BCUT2D eigenvalue weighted by atomic mass is 9.79. The van der Waals surface area contributed by atoms with Crippen LogP contribution in [0.25, 0.3) is 0 Å². The summed E-state index contributed by atoms with van der Waals surface area (Å²) in [5.74, 6) is -1.37. The average Bonchev–Trinajstić information content (AvgIpc) is 2.68. The van der Waals surface area contributed by atoms with Crippen LogP contribution in [0, 0.1) is 11.7 Å². The zero-order chi connectivity index (χ0) is 24.2. The number of nitrogens with one attached hydrogen (secondary N) is 2. The third kappa shape index (κ3) is 6.38. The molecule has 176 valence electrons. The van der Waals surface area contributed by atoms with E-state index in [-0.39, 0.29) is 16.8 Å². The van der Waals surface area contributed by atoms with Gasteiger partial charge in [-0.3, -0.25) is 14.5 Å². The fraction of sp³-hybridized carbons (Fsp3) is 0.545. The van der Waals surface area contributed by atoms with Crippen LogP contribution >= 0.6 is 12.2 Å². The van der Waals surface area contributed by atoms with Crippen molar-refractivity contribution in [3.05, 3.63) is 30.1 Å². The Hall–Kier alpha value is -2.75. The van der Waals surface area contributed by atoms with Crippen molar-refractivity contribution in [1.82, 2.24) is 15.1 Å². The first-order chi connectivity index (χ1) is 14.8. The third-order valence-electron chi connectivity index (χ3n) is 5.49. The summed E-state index contributed by atoms with van der Waals surface area (Å²) in [5.41, 5.74) is -0.337. The van der Waals surface area contributed by atoms with Crippen LogP contribution in [-0.2, 0) is 9.59 Å². The summed E-state index contributed by atoms with van der Waals surface area (Å²) < 4.78 is 13.1. The molecule has 3 N–H and O–H groups in total. The van der Waals surface area contributed by atoms with Gasteiger partial charge in [-0.1, -0.05) is 12.2 Å². The lowest BCUT2D eigenvalue weighted by Crippen LogP contribution is -2.62. The molecule has 0 aromatic heterocycles. The number of anilines is 1. The van der Waals surface area contributed by atoms with Crippen molar-refractivity contribution in [1.29, 1.82) is 0 Å². The molecule has 3 amide bonds. The van der Waals surface area contributed by atoms with Crippen LogP contribution < -0.4 is 10.6 Å². The Labute approximate surface area is 193 Å². The predicted octanol–water partition coefficient (Wildman–Crippen LogP) is 3.09. The number of carbonyl (C=O) groups is 3. The van der Waals surface area contributed by atoms with Gasteiger partial charge in [0.1, 0.15) is 5.82 Å². The molecular formula is C22H31FN4O4S. The maximum Gasteiger partial charge on any atom is 0.408 e. The highest BCUT2D eigenvalue weighted by molar-refractivity contribution is 7.82. The van der Waals surface area contributed by atoms with E-state index < -0.39 is 35.4 Å². The van der Waals surface area contributed by atoms with Crippen LogP contribution in [0.15, 0.2) is 24.3 Å². The largest absolute Gasteiger partial charge is 0.465 e. The molecule has 0 bridgehead atoms. The summed E-state index contributed by atoms with van der Waals surface area (Å²) in [7, 11) is 3.35. The Kier molecular flexibility index (Phi) is 8.17. The number of hydrogen-bond donors (Lipinski definition) is 3. The highest BCUT2D eigenvalue weighted by Gasteiger charge is 2.43. The molecule has 1 aliphatic carbocycles. The van der Waals surface area contributed by atoms with Crippen LogP contribution in [-0.4, -0.2) is 69.5 Å². The number of benzene rings is 1. The molecule has 0 spiro atoms. The van der Waals surface area contributed by atoms with Gasteiger partial charge in [-0.25, -0.2) is 9.18 Å². The summed E-state index contributed by atoms with van der Waals surface area (Å²) >= 11 is 5.27. The maximum absolute atomic E-state index is 13.1. The molecular weight excluding hydrogens is 435 g/mol. The minimum atomic E-state index is -1.10. The zero-order valence-electron chi connectivity index (χ0n) is 19.0. The first kappa shape index (κ1) is 25.5. The van der Waals surface area contributed by atoms with Gasteiger partial charge in [-0.2, -0.15) is 0 Å². The quantitative estimate of drug-likeness (QED) is 0.590. The van der Waals surface area contributed by atoms with Gasteiger partial charge in [0.15, 0.2) is 4.99 Å². The second kappa shape index (κ2) is 10.2. The van der Waals surface area contributed by atoms with E-state index in [0.29, 0.717) is 24.9 Å². The normalized spacial score (nSPS) is 20.8. The fourth-order valence-corrected chi connectivity index (χ4v) is 4.27. The molecule has 1 fully saturated rings. The van der Waals surface area contributed by atoms with E-state index in [4.69, 9.17) is 12.2 Å². The second-order valence-electron chi connectivity index (χ2n) is 9.17. The molecule has 3 atom stereocenters. The molecule has 2 rings (SSSR count). The minimum absolute atomic E-state index is 0.0515. The third-order valence-corrected chi connectivity index (χ3v) is 5.80. The van der Waals surface area contributed by atoms with Gasteiger partial charge in [0.2, 0.25) is 5.91 Å². The minimum Gasteiger partial charge on any atom is -0.465 e. The number of thiocarbonyl (C=S) groups is 1. The number of carboxylic acid groups (broad SMARTS) is 1. The molecule has 1 aromatic carbocycles. The summed E-state index contributed by atoms with van der Waals surface area (Å²) in [4.78, 5) is 40.0. The van der Waals surface area contributed by atoms with Crippen molar-refractivity contribution in [3.63, 3.8) is 0 Å². The van der Waals surface area contributed by atoms with E-state index in [2.05, 4.69) is 10.6 Å². The van der Waals surface area contributed by atoms with Crippen LogP contribution in [0.1, 0.15) is 40.0 Å². The van der Waals surface area contributed by atoms with Gasteiger partial charge in [0.25, 0.3) is 5.91 Å². The Balaban J connectivity index is 2.21. The average molecular weight is 467 g/mol. The highest BCUT2D eigenvalue weighted by atomic mass is 32.1. The molecule has 10 heteroatoms. The smallest absolute Gasteiger partial charge is 0.408 e. The van der Waals surface area contributed by atoms with Gasteiger partial charge >= 0.3 is 6.09 Å². The standard InChI is InChI=1S/C22H31FN4O4S/c1-22(2,3)27(21(30)31)17-12-13(20(29)26(4)5)6-11-16(17)25-19(32)18(28)24-15-9-7-14(23)8-10-15/h7-10,13,16-17H,6,11-12H2,1-5H3,(H,24,28)(H,25,32)(H,30,31)/t13-,16-,17+/m0/s1. The molecule has 1 aliphatic rings. The molecule has 0 heterocycles.